The molecule has 146 valence electrons. The van der Waals surface area contributed by atoms with Crippen molar-refractivity contribution in [1.82, 2.24) is 35.6 Å². The Hall–Kier alpha value is -3.20. The number of methoxy groups -OCH3 is 1. The Morgan fingerprint density at radius 2 is 2.14 bits per heavy atom. The van der Waals surface area contributed by atoms with Crippen LogP contribution in [0.2, 0.25) is 0 Å². The highest BCUT2D eigenvalue weighted by molar-refractivity contribution is 5.80. The van der Waals surface area contributed by atoms with Crippen molar-refractivity contribution in [3.05, 3.63) is 48.0 Å². The van der Waals surface area contributed by atoms with E-state index in [1.807, 2.05) is 43.7 Å². The van der Waals surface area contributed by atoms with E-state index in [1.54, 1.807) is 11.8 Å². The topological polar surface area (TPSA) is 110 Å². The lowest BCUT2D eigenvalue weighted by Gasteiger charge is -2.16. The van der Waals surface area contributed by atoms with Crippen molar-refractivity contribution in [3.8, 4) is 17.1 Å². The summed E-state index contributed by atoms with van der Waals surface area (Å²) in [6.07, 6.45) is 3.80. The molecule has 0 spiro atoms. The van der Waals surface area contributed by atoms with Gasteiger partial charge in [-0.3, -0.25) is 14.6 Å². The molecule has 1 fully saturated rings. The molecule has 0 aliphatic carbocycles. The summed E-state index contributed by atoms with van der Waals surface area (Å²) in [5.74, 6) is 1.97. The minimum atomic E-state index is -0.131. The predicted molar refractivity (Wildman–Crippen MR) is 103 cm³/mol. The van der Waals surface area contributed by atoms with E-state index in [1.165, 1.54) is 0 Å². The molecule has 0 radical (unpaired) electrons. The van der Waals surface area contributed by atoms with E-state index in [0.29, 0.717) is 24.7 Å². The molecule has 1 aliphatic heterocycles. The average molecular weight is 381 g/mol. The van der Waals surface area contributed by atoms with Gasteiger partial charge in [0.2, 0.25) is 5.91 Å². The van der Waals surface area contributed by atoms with Gasteiger partial charge in [-0.2, -0.15) is 10.2 Å². The van der Waals surface area contributed by atoms with Crippen LogP contribution >= 0.6 is 0 Å². The fourth-order valence-corrected chi connectivity index (χ4v) is 3.48. The molecule has 0 bridgehead atoms. The molecule has 0 unspecified atom stereocenters. The van der Waals surface area contributed by atoms with Crippen molar-refractivity contribution in [3.63, 3.8) is 0 Å². The van der Waals surface area contributed by atoms with Crippen LogP contribution in [-0.4, -0.2) is 51.1 Å². The fourth-order valence-electron chi connectivity index (χ4n) is 3.48. The fraction of sp³-hybridized carbons (Fsp3) is 0.368. The van der Waals surface area contributed by atoms with E-state index in [-0.39, 0.29) is 17.7 Å². The van der Waals surface area contributed by atoms with Crippen LogP contribution in [0.5, 0.6) is 5.75 Å². The molecule has 9 heteroatoms. The van der Waals surface area contributed by atoms with Crippen LogP contribution in [0.15, 0.2) is 36.7 Å². The van der Waals surface area contributed by atoms with E-state index in [9.17, 15) is 4.79 Å². The lowest BCUT2D eigenvalue weighted by Crippen LogP contribution is -2.34. The molecule has 3 heterocycles. The molecule has 2 atom stereocenters. The van der Waals surface area contributed by atoms with Gasteiger partial charge >= 0.3 is 0 Å². The van der Waals surface area contributed by atoms with Gasteiger partial charge in [0.15, 0.2) is 5.82 Å². The monoisotopic (exact) mass is 381 g/mol. The number of aromatic nitrogens is 5. The minimum Gasteiger partial charge on any atom is -0.497 e. The number of hydrogen-bond acceptors (Lipinski definition) is 6. The number of rotatable bonds is 6. The molecule has 3 N–H and O–H groups in total. The van der Waals surface area contributed by atoms with Gasteiger partial charge in [0.05, 0.1) is 25.8 Å². The number of benzene rings is 1. The number of aryl methyl sites for hydroxylation is 1. The average Bonchev–Trinajstić information content (AvgIpc) is 3.46. The van der Waals surface area contributed by atoms with Crippen LogP contribution < -0.4 is 15.4 Å². The van der Waals surface area contributed by atoms with E-state index >= 15 is 0 Å². The largest absolute Gasteiger partial charge is 0.497 e. The van der Waals surface area contributed by atoms with Gasteiger partial charge in [-0.15, -0.1) is 0 Å². The van der Waals surface area contributed by atoms with E-state index in [0.717, 1.165) is 23.4 Å². The summed E-state index contributed by atoms with van der Waals surface area (Å²) in [5.41, 5.74) is 1.96. The van der Waals surface area contributed by atoms with Crippen molar-refractivity contribution in [1.29, 1.82) is 0 Å². The highest BCUT2D eigenvalue weighted by atomic mass is 16.5. The standard InChI is InChI=1S/C19H23N7O2/c1-26-11-13(7-22-26)15-8-20-9-16(15)19(27)21-10-17-23-18(25-24-17)12-3-5-14(28-2)6-4-12/h3-7,11,15-16,20H,8-10H2,1-2H3,(H,21,27)(H,23,24,25)/t15-,16+/m1/s1. The van der Waals surface area contributed by atoms with Crippen molar-refractivity contribution in [2.75, 3.05) is 20.2 Å². The first kappa shape index (κ1) is 18.2. The van der Waals surface area contributed by atoms with Crippen LogP contribution in [0.4, 0.5) is 0 Å². The summed E-state index contributed by atoms with van der Waals surface area (Å²) in [4.78, 5) is 17.2. The second-order valence-corrected chi connectivity index (χ2v) is 6.87. The maximum atomic E-state index is 12.7. The zero-order valence-corrected chi connectivity index (χ0v) is 15.8. The van der Waals surface area contributed by atoms with Gasteiger partial charge in [-0.05, 0) is 29.8 Å². The molecular formula is C19H23N7O2. The number of carbonyl (C=O) groups excluding carboxylic acids is 1. The zero-order chi connectivity index (χ0) is 19.5. The Labute approximate surface area is 162 Å². The van der Waals surface area contributed by atoms with E-state index < -0.39 is 0 Å². The third kappa shape index (κ3) is 3.74. The van der Waals surface area contributed by atoms with Gasteiger partial charge < -0.3 is 15.4 Å². The number of hydrogen-bond donors (Lipinski definition) is 3. The highest BCUT2D eigenvalue weighted by Gasteiger charge is 2.34. The van der Waals surface area contributed by atoms with E-state index in [4.69, 9.17) is 4.74 Å². The van der Waals surface area contributed by atoms with Crippen molar-refractivity contribution >= 4 is 5.91 Å². The smallest absolute Gasteiger partial charge is 0.225 e. The molecule has 1 aromatic carbocycles. The Balaban J connectivity index is 1.37. The number of aromatic amines is 1. The van der Waals surface area contributed by atoms with Gasteiger partial charge in [0.1, 0.15) is 11.6 Å². The lowest BCUT2D eigenvalue weighted by atomic mass is 9.90. The van der Waals surface area contributed by atoms with Crippen molar-refractivity contribution in [2.45, 2.75) is 12.5 Å². The minimum absolute atomic E-state index is 0.00116. The zero-order valence-electron chi connectivity index (χ0n) is 15.8. The molecule has 28 heavy (non-hydrogen) atoms. The van der Waals surface area contributed by atoms with Gasteiger partial charge in [0, 0.05) is 37.8 Å². The molecule has 1 amide bonds. The van der Waals surface area contributed by atoms with Crippen LogP contribution in [0.3, 0.4) is 0 Å². The first-order valence-electron chi connectivity index (χ1n) is 9.16. The number of amides is 1. The second kappa shape index (κ2) is 7.81. The molecule has 4 rings (SSSR count). The summed E-state index contributed by atoms with van der Waals surface area (Å²) in [7, 11) is 3.51. The molecule has 2 aromatic heterocycles. The van der Waals surface area contributed by atoms with Crippen molar-refractivity contribution in [2.24, 2.45) is 13.0 Å². The molecular weight excluding hydrogens is 358 g/mol. The molecule has 1 aliphatic rings. The maximum absolute atomic E-state index is 12.7. The van der Waals surface area contributed by atoms with Gasteiger partial charge in [-0.1, -0.05) is 0 Å². The second-order valence-electron chi connectivity index (χ2n) is 6.87. The van der Waals surface area contributed by atoms with Crippen LogP contribution in [0.25, 0.3) is 11.4 Å². The molecule has 1 saturated heterocycles. The number of nitrogens with zero attached hydrogens (tertiary/aromatic N) is 4. The first-order chi connectivity index (χ1) is 13.6. The summed E-state index contributed by atoms with van der Waals surface area (Å²) in [6, 6.07) is 7.51. The third-order valence-corrected chi connectivity index (χ3v) is 5.01. The summed E-state index contributed by atoms with van der Waals surface area (Å²) >= 11 is 0. The first-order valence-corrected chi connectivity index (χ1v) is 9.16. The Morgan fingerprint density at radius 1 is 1.32 bits per heavy atom. The van der Waals surface area contributed by atoms with Gasteiger partial charge in [0.25, 0.3) is 0 Å². The number of H-pyrrole nitrogens is 1. The number of carbonyl (C=O) groups is 1. The van der Waals surface area contributed by atoms with Crippen LogP contribution in [0, 0.1) is 5.92 Å². The van der Waals surface area contributed by atoms with Crippen molar-refractivity contribution < 1.29 is 9.53 Å². The third-order valence-electron chi connectivity index (χ3n) is 5.01. The summed E-state index contributed by atoms with van der Waals surface area (Å²) in [6.45, 7) is 1.73. The Kier molecular flexibility index (Phi) is 5.07. The van der Waals surface area contributed by atoms with Crippen LogP contribution in [0.1, 0.15) is 17.3 Å². The molecule has 9 nitrogen and oxygen atoms in total. The quantitative estimate of drug-likeness (QED) is 0.584. The van der Waals surface area contributed by atoms with Crippen LogP contribution in [-0.2, 0) is 18.4 Å². The Bertz CT molecular complexity index is 947. The lowest BCUT2D eigenvalue weighted by molar-refractivity contribution is -0.125. The normalized spacial score (nSPS) is 18.9. The molecule has 0 saturated carbocycles. The van der Waals surface area contributed by atoms with E-state index in [2.05, 4.69) is 30.9 Å². The maximum Gasteiger partial charge on any atom is 0.225 e. The SMILES string of the molecule is COc1ccc(-c2n[nH]c(CNC(=O)[C@H]3CNC[C@@H]3c3cnn(C)c3)n2)cc1. The predicted octanol–water partition coefficient (Wildman–Crippen LogP) is 0.833. The summed E-state index contributed by atoms with van der Waals surface area (Å²) < 4.78 is 6.92. The number of nitrogens with one attached hydrogen (secondary N) is 3. The Morgan fingerprint density at radius 3 is 2.86 bits per heavy atom. The summed E-state index contributed by atoms with van der Waals surface area (Å²) in [5, 5.41) is 17.6. The number of ether oxygens (including phenoxy) is 1. The highest BCUT2D eigenvalue weighted by Crippen LogP contribution is 2.28. The van der Waals surface area contributed by atoms with Gasteiger partial charge in [-0.25, -0.2) is 4.98 Å². The molecule has 3 aromatic rings.